The average molecular weight is 441 g/mol. The van der Waals surface area contributed by atoms with Crippen LogP contribution in [0, 0.1) is 5.92 Å². The van der Waals surface area contributed by atoms with E-state index in [9.17, 15) is 18.0 Å². The summed E-state index contributed by atoms with van der Waals surface area (Å²) in [5, 5.41) is 2.47. The fourth-order valence-electron chi connectivity index (χ4n) is 3.28. The van der Waals surface area contributed by atoms with Gasteiger partial charge in [-0.05, 0) is 55.8 Å². The number of benzene rings is 2. The number of halogens is 4. The van der Waals surface area contributed by atoms with Gasteiger partial charge in [-0.3, -0.25) is 9.69 Å². The summed E-state index contributed by atoms with van der Waals surface area (Å²) in [6, 6.07) is 13.2. The molecule has 3 rings (SSSR count). The highest BCUT2D eigenvalue weighted by molar-refractivity contribution is 9.10. The molecule has 27 heavy (non-hydrogen) atoms. The third-order valence-corrected chi connectivity index (χ3v) is 5.30. The first-order valence-electron chi connectivity index (χ1n) is 8.77. The Bertz CT molecular complexity index is 785. The maximum absolute atomic E-state index is 13.1. The molecule has 2 aromatic rings. The van der Waals surface area contributed by atoms with Crippen molar-refractivity contribution in [1.29, 1.82) is 0 Å². The molecule has 0 atom stereocenters. The molecular formula is C20H20BrF3N2O. The molecule has 1 aliphatic heterocycles. The van der Waals surface area contributed by atoms with E-state index in [1.807, 2.05) is 12.1 Å². The minimum absolute atomic E-state index is 0.174. The smallest absolute Gasteiger partial charge is 0.325 e. The number of hydrogen-bond acceptors (Lipinski definition) is 2. The van der Waals surface area contributed by atoms with E-state index in [1.165, 1.54) is 23.8 Å². The number of carbonyl (C=O) groups is 1. The number of para-hydroxylation sites is 1. The molecule has 0 aromatic heterocycles. The average Bonchev–Trinajstić information content (AvgIpc) is 2.64. The van der Waals surface area contributed by atoms with E-state index in [2.05, 4.69) is 38.3 Å². The normalized spacial score (nSPS) is 16.3. The van der Waals surface area contributed by atoms with Gasteiger partial charge >= 0.3 is 6.18 Å². The van der Waals surface area contributed by atoms with Gasteiger partial charge in [0.25, 0.3) is 0 Å². The molecule has 1 amide bonds. The van der Waals surface area contributed by atoms with Gasteiger partial charge in [-0.15, -0.1) is 0 Å². The maximum Gasteiger partial charge on any atom is 0.418 e. The summed E-state index contributed by atoms with van der Waals surface area (Å²) in [5.41, 5.74) is 0.207. The zero-order valence-corrected chi connectivity index (χ0v) is 16.2. The van der Waals surface area contributed by atoms with Gasteiger partial charge in [0.15, 0.2) is 0 Å². The standard InChI is InChI=1S/C20H20BrF3N2O/c21-16-7-5-14(6-8-16)13-26-11-9-15(10-12-26)19(27)25-18-4-2-1-3-17(18)20(22,23)24/h1-8,15H,9-13H2,(H,25,27). The molecule has 2 aromatic carbocycles. The van der Waals surface area contributed by atoms with Crippen molar-refractivity contribution in [1.82, 2.24) is 4.90 Å². The number of alkyl halides is 3. The summed E-state index contributed by atoms with van der Waals surface area (Å²) in [6.07, 6.45) is -3.22. The van der Waals surface area contributed by atoms with Gasteiger partial charge in [0.2, 0.25) is 5.91 Å². The second-order valence-corrected chi connectivity index (χ2v) is 7.63. The molecule has 0 bridgehead atoms. The number of amides is 1. The molecule has 0 radical (unpaired) electrons. The Hall–Kier alpha value is -1.86. The van der Waals surface area contributed by atoms with Gasteiger partial charge in [-0.2, -0.15) is 13.2 Å². The summed E-state index contributed by atoms with van der Waals surface area (Å²) in [7, 11) is 0. The number of likely N-dealkylation sites (tertiary alicyclic amines) is 1. The summed E-state index contributed by atoms with van der Waals surface area (Å²) < 4.78 is 40.2. The molecule has 3 nitrogen and oxygen atoms in total. The van der Waals surface area contributed by atoms with E-state index < -0.39 is 11.7 Å². The fourth-order valence-corrected chi connectivity index (χ4v) is 3.54. The van der Waals surface area contributed by atoms with Crippen molar-refractivity contribution in [3.63, 3.8) is 0 Å². The van der Waals surface area contributed by atoms with Crippen LogP contribution in [0.4, 0.5) is 18.9 Å². The highest BCUT2D eigenvalue weighted by atomic mass is 79.9. The fraction of sp³-hybridized carbons (Fsp3) is 0.350. The lowest BCUT2D eigenvalue weighted by molar-refractivity contribution is -0.137. The largest absolute Gasteiger partial charge is 0.418 e. The first-order valence-corrected chi connectivity index (χ1v) is 9.56. The minimum atomic E-state index is -4.49. The minimum Gasteiger partial charge on any atom is -0.325 e. The Kier molecular flexibility index (Phi) is 6.22. The van der Waals surface area contributed by atoms with Crippen LogP contribution in [0.1, 0.15) is 24.0 Å². The van der Waals surface area contributed by atoms with Crippen molar-refractivity contribution in [2.45, 2.75) is 25.6 Å². The lowest BCUT2D eigenvalue weighted by atomic mass is 9.95. The molecular weight excluding hydrogens is 421 g/mol. The van der Waals surface area contributed by atoms with Gasteiger partial charge in [-0.25, -0.2) is 0 Å². The monoisotopic (exact) mass is 440 g/mol. The summed E-state index contributed by atoms with van der Waals surface area (Å²) in [6.45, 7) is 2.29. The number of carbonyl (C=O) groups excluding carboxylic acids is 1. The zero-order valence-electron chi connectivity index (χ0n) is 14.6. The van der Waals surface area contributed by atoms with Crippen molar-refractivity contribution in [2.24, 2.45) is 5.92 Å². The molecule has 1 heterocycles. The van der Waals surface area contributed by atoms with Crippen LogP contribution in [0.15, 0.2) is 53.0 Å². The molecule has 0 unspecified atom stereocenters. The molecule has 0 saturated carbocycles. The first-order chi connectivity index (χ1) is 12.8. The number of anilines is 1. The Morgan fingerprint density at radius 3 is 2.33 bits per heavy atom. The Morgan fingerprint density at radius 1 is 1.07 bits per heavy atom. The van der Waals surface area contributed by atoms with E-state index in [0.29, 0.717) is 12.8 Å². The quantitative estimate of drug-likeness (QED) is 0.697. The molecule has 144 valence electrons. The molecule has 7 heteroatoms. The lowest BCUT2D eigenvalue weighted by Crippen LogP contribution is -2.38. The van der Waals surface area contributed by atoms with Crippen LogP contribution in [0.5, 0.6) is 0 Å². The third kappa shape index (κ3) is 5.32. The van der Waals surface area contributed by atoms with Gasteiger partial charge < -0.3 is 5.32 Å². The van der Waals surface area contributed by atoms with Crippen LogP contribution in [0.25, 0.3) is 0 Å². The first kappa shape index (κ1) is 19.9. The van der Waals surface area contributed by atoms with E-state index in [4.69, 9.17) is 0 Å². The number of rotatable bonds is 4. The highest BCUT2D eigenvalue weighted by Gasteiger charge is 2.34. The number of nitrogens with one attached hydrogen (secondary N) is 1. The predicted molar refractivity (Wildman–Crippen MR) is 102 cm³/mol. The van der Waals surface area contributed by atoms with E-state index in [0.717, 1.165) is 30.2 Å². The van der Waals surface area contributed by atoms with E-state index in [1.54, 1.807) is 0 Å². The van der Waals surface area contributed by atoms with Crippen LogP contribution in [-0.4, -0.2) is 23.9 Å². The van der Waals surface area contributed by atoms with Crippen molar-refractivity contribution in [3.05, 3.63) is 64.1 Å². The van der Waals surface area contributed by atoms with Gasteiger partial charge in [-0.1, -0.05) is 40.2 Å². The Labute approximate surface area is 164 Å². The number of hydrogen-bond donors (Lipinski definition) is 1. The van der Waals surface area contributed by atoms with Crippen LogP contribution >= 0.6 is 15.9 Å². The zero-order chi connectivity index (χ0) is 19.4. The summed E-state index contributed by atoms with van der Waals surface area (Å²) in [4.78, 5) is 14.7. The van der Waals surface area contributed by atoms with Gasteiger partial charge in [0, 0.05) is 16.9 Å². The molecule has 1 N–H and O–H groups in total. The van der Waals surface area contributed by atoms with Crippen LogP contribution in [0.2, 0.25) is 0 Å². The van der Waals surface area contributed by atoms with E-state index in [-0.39, 0.29) is 17.5 Å². The van der Waals surface area contributed by atoms with Gasteiger partial charge in [0.1, 0.15) is 0 Å². The highest BCUT2D eigenvalue weighted by Crippen LogP contribution is 2.35. The number of piperidine rings is 1. The summed E-state index contributed by atoms with van der Waals surface area (Å²) >= 11 is 3.41. The topological polar surface area (TPSA) is 32.3 Å². The predicted octanol–water partition coefficient (Wildman–Crippen LogP) is 5.32. The number of nitrogens with zero attached hydrogens (tertiary/aromatic N) is 1. The van der Waals surface area contributed by atoms with Crippen LogP contribution in [0.3, 0.4) is 0 Å². The third-order valence-electron chi connectivity index (χ3n) is 4.77. The lowest BCUT2D eigenvalue weighted by Gasteiger charge is -2.31. The second-order valence-electron chi connectivity index (χ2n) is 6.71. The molecule has 1 aliphatic rings. The summed E-state index contributed by atoms with van der Waals surface area (Å²) in [5.74, 6) is -0.609. The van der Waals surface area contributed by atoms with Crippen LogP contribution < -0.4 is 5.32 Å². The molecule has 0 aliphatic carbocycles. The second kappa shape index (κ2) is 8.44. The molecule has 1 saturated heterocycles. The van der Waals surface area contributed by atoms with Crippen molar-refractivity contribution in [3.8, 4) is 0 Å². The van der Waals surface area contributed by atoms with Crippen LogP contribution in [-0.2, 0) is 17.5 Å². The van der Waals surface area contributed by atoms with Crippen molar-refractivity contribution in [2.75, 3.05) is 18.4 Å². The van der Waals surface area contributed by atoms with Crippen molar-refractivity contribution >= 4 is 27.5 Å². The van der Waals surface area contributed by atoms with Gasteiger partial charge in [0.05, 0.1) is 11.3 Å². The molecule has 0 spiro atoms. The van der Waals surface area contributed by atoms with E-state index >= 15 is 0 Å². The molecule has 1 fully saturated rings. The SMILES string of the molecule is O=C(Nc1ccccc1C(F)(F)F)C1CCN(Cc2ccc(Br)cc2)CC1. The van der Waals surface area contributed by atoms with Crippen molar-refractivity contribution < 1.29 is 18.0 Å². The Balaban J connectivity index is 1.55. The Morgan fingerprint density at radius 2 is 1.70 bits per heavy atom. The maximum atomic E-state index is 13.1.